The lowest BCUT2D eigenvalue weighted by atomic mass is 10.1. The third kappa shape index (κ3) is 3.22. The van der Waals surface area contributed by atoms with E-state index in [4.69, 9.17) is 4.74 Å². The Balaban J connectivity index is 1.99. The maximum absolute atomic E-state index is 13.1. The van der Waals surface area contributed by atoms with E-state index >= 15 is 0 Å². The minimum Gasteiger partial charge on any atom is -0.497 e. The third-order valence-electron chi connectivity index (χ3n) is 3.35. The van der Waals surface area contributed by atoms with E-state index < -0.39 is 11.7 Å². The van der Waals surface area contributed by atoms with Crippen molar-refractivity contribution in [3.63, 3.8) is 0 Å². The molecule has 0 amide bonds. The summed E-state index contributed by atoms with van der Waals surface area (Å²) in [5.41, 5.74) is 0.586. The zero-order valence-electron chi connectivity index (χ0n) is 12.1. The molecule has 23 heavy (non-hydrogen) atoms. The maximum Gasteiger partial charge on any atom is 0.417 e. The Labute approximate surface area is 135 Å². The number of benzene rings is 2. The highest BCUT2D eigenvalue weighted by Gasteiger charge is 2.33. The Morgan fingerprint density at radius 3 is 2.35 bits per heavy atom. The normalized spacial score (nSPS) is 11.5. The molecule has 6 heteroatoms. The Morgan fingerprint density at radius 2 is 1.70 bits per heavy atom. The van der Waals surface area contributed by atoms with Gasteiger partial charge in [0.25, 0.3) is 0 Å². The van der Waals surface area contributed by atoms with Crippen molar-refractivity contribution in [1.29, 1.82) is 0 Å². The second kappa shape index (κ2) is 6.04. The van der Waals surface area contributed by atoms with E-state index in [9.17, 15) is 13.2 Å². The van der Waals surface area contributed by atoms with Gasteiger partial charge in [-0.15, -0.1) is 11.3 Å². The molecule has 0 aliphatic carbocycles. The number of aromatic nitrogens is 1. The average molecular weight is 335 g/mol. The first-order valence-corrected chi connectivity index (χ1v) is 7.63. The molecule has 0 fully saturated rings. The summed E-state index contributed by atoms with van der Waals surface area (Å²) in [6, 6.07) is 12.7. The SMILES string of the molecule is COc1ccc(-c2nc(-c3ccccc3C(F)(F)F)cs2)cc1. The van der Waals surface area contributed by atoms with Crippen LogP contribution >= 0.6 is 11.3 Å². The van der Waals surface area contributed by atoms with Gasteiger partial charge in [-0.05, 0) is 30.3 Å². The van der Waals surface area contributed by atoms with E-state index in [0.29, 0.717) is 16.5 Å². The molecule has 1 heterocycles. The molecule has 1 aromatic heterocycles. The predicted molar refractivity (Wildman–Crippen MR) is 84.5 cm³/mol. The molecule has 0 spiro atoms. The van der Waals surface area contributed by atoms with Crippen molar-refractivity contribution >= 4 is 11.3 Å². The van der Waals surface area contributed by atoms with Gasteiger partial charge >= 0.3 is 6.18 Å². The van der Waals surface area contributed by atoms with Gasteiger partial charge in [0.05, 0.1) is 18.4 Å². The molecule has 0 saturated carbocycles. The summed E-state index contributed by atoms with van der Waals surface area (Å²) in [5.74, 6) is 0.716. The fraction of sp³-hybridized carbons (Fsp3) is 0.118. The fourth-order valence-electron chi connectivity index (χ4n) is 2.22. The lowest BCUT2D eigenvalue weighted by Crippen LogP contribution is -2.06. The van der Waals surface area contributed by atoms with Crippen LogP contribution in [0.4, 0.5) is 13.2 Å². The molecule has 2 nitrogen and oxygen atoms in total. The number of methoxy groups -OCH3 is 1. The van der Waals surface area contributed by atoms with Crippen molar-refractivity contribution in [2.45, 2.75) is 6.18 Å². The molecule has 0 N–H and O–H groups in total. The highest BCUT2D eigenvalue weighted by molar-refractivity contribution is 7.13. The third-order valence-corrected chi connectivity index (χ3v) is 4.24. The van der Waals surface area contributed by atoms with Crippen LogP contribution in [0.2, 0.25) is 0 Å². The summed E-state index contributed by atoms with van der Waals surface area (Å²) >= 11 is 1.31. The Morgan fingerprint density at radius 1 is 1.00 bits per heavy atom. The number of ether oxygens (including phenoxy) is 1. The highest BCUT2D eigenvalue weighted by atomic mass is 32.1. The van der Waals surface area contributed by atoms with Gasteiger partial charge in [0.2, 0.25) is 0 Å². The minimum atomic E-state index is -4.40. The van der Waals surface area contributed by atoms with Crippen LogP contribution in [-0.2, 0) is 6.18 Å². The van der Waals surface area contributed by atoms with Crippen LogP contribution in [0.1, 0.15) is 5.56 Å². The first-order valence-electron chi connectivity index (χ1n) is 6.75. The van der Waals surface area contributed by atoms with Gasteiger partial charge in [0.15, 0.2) is 0 Å². The minimum absolute atomic E-state index is 0.0935. The lowest BCUT2D eigenvalue weighted by molar-refractivity contribution is -0.137. The molecular formula is C17H12F3NOS. The highest BCUT2D eigenvalue weighted by Crippen LogP contribution is 2.38. The van der Waals surface area contributed by atoms with Gasteiger partial charge in [-0.2, -0.15) is 13.2 Å². The van der Waals surface area contributed by atoms with Crippen LogP contribution in [-0.4, -0.2) is 12.1 Å². The van der Waals surface area contributed by atoms with E-state index in [1.165, 1.54) is 23.5 Å². The van der Waals surface area contributed by atoms with Crippen LogP contribution in [0.25, 0.3) is 21.8 Å². The Hall–Kier alpha value is -2.34. The monoisotopic (exact) mass is 335 g/mol. The molecule has 0 unspecified atom stereocenters. The van der Waals surface area contributed by atoms with Crippen molar-refractivity contribution < 1.29 is 17.9 Å². The number of alkyl halides is 3. The van der Waals surface area contributed by atoms with Crippen LogP contribution in [0, 0.1) is 0 Å². The molecule has 3 aromatic rings. The first-order chi connectivity index (χ1) is 11.0. The smallest absolute Gasteiger partial charge is 0.417 e. The number of halogens is 3. The maximum atomic E-state index is 13.1. The van der Waals surface area contributed by atoms with Gasteiger partial charge in [0.1, 0.15) is 10.8 Å². The summed E-state index contributed by atoms with van der Waals surface area (Å²) in [5, 5.41) is 2.31. The van der Waals surface area contributed by atoms with E-state index in [1.54, 1.807) is 30.7 Å². The van der Waals surface area contributed by atoms with E-state index in [1.807, 2.05) is 12.1 Å². The van der Waals surface area contributed by atoms with E-state index in [2.05, 4.69) is 4.98 Å². The number of nitrogens with zero attached hydrogens (tertiary/aromatic N) is 1. The molecule has 0 radical (unpaired) electrons. The van der Waals surface area contributed by atoms with Crippen molar-refractivity contribution in [3.05, 3.63) is 59.5 Å². The number of rotatable bonds is 3. The fourth-order valence-corrected chi connectivity index (χ4v) is 3.04. The van der Waals surface area contributed by atoms with Crippen molar-refractivity contribution in [2.75, 3.05) is 7.11 Å². The number of thiazole rings is 1. The van der Waals surface area contributed by atoms with Gasteiger partial charge < -0.3 is 4.74 Å². The first kappa shape index (κ1) is 15.6. The van der Waals surface area contributed by atoms with E-state index in [0.717, 1.165) is 11.6 Å². The second-order valence-corrected chi connectivity index (χ2v) is 5.67. The summed E-state index contributed by atoms with van der Waals surface area (Å²) in [6.07, 6.45) is -4.40. The average Bonchev–Trinajstić information content (AvgIpc) is 3.04. The molecule has 2 aromatic carbocycles. The molecule has 0 atom stereocenters. The zero-order valence-corrected chi connectivity index (χ0v) is 12.9. The lowest BCUT2D eigenvalue weighted by Gasteiger charge is -2.10. The van der Waals surface area contributed by atoms with Crippen LogP contribution in [0.3, 0.4) is 0 Å². The standard InChI is InChI=1S/C17H12F3NOS/c1-22-12-8-6-11(7-9-12)16-21-15(10-23-16)13-4-2-3-5-14(13)17(18,19)20/h2-10H,1H3. The van der Waals surface area contributed by atoms with E-state index in [-0.39, 0.29) is 5.56 Å². The van der Waals surface area contributed by atoms with Gasteiger partial charge in [0, 0.05) is 16.5 Å². The summed E-state index contributed by atoms with van der Waals surface area (Å²) in [7, 11) is 1.57. The number of hydrogen-bond acceptors (Lipinski definition) is 3. The second-order valence-electron chi connectivity index (χ2n) is 4.81. The molecular weight excluding hydrogens is 323 g/mol. The molecule has 0 aliphatic heterocycles. The van der Waals surface area contributed by atoms with Crippen LogP contribution < -0.4 is 4.74 Å². The predicted octanol–water partition coefficient (Wildman–Crippen LogP) is 5.50. The van der Waals surface area contributed by atoms with Gasteiger partial charge in [-0.1, -0.05) is 18.2 Å². The molecule has 3 rings (SSSR count). The summed E-state index contributed by atoms with van der Waals surface area (Å²) in [4.78, 5) is 4.36. The summed E-state index contributed by atoms with van der Waals surface area (Å²) in [6.45, 7) is 0. The van der Waals surface area contributed by atoms with Gasteiger partial charge in [-0.3, -0.25) is 0 Å². The van der Waals surface area contributed by atoms with Crippen molar-refractivity contribution in [3.8, 4) is 27.6 Å². The molecule has 118 valence electrons. The quantitative estimate of drug-likeness (QED) is 0.630. The van der Waals surface area contributed by atoms with Gasteiger partial charge in [-0.25, -0.2) is 4.98 Å². The Kier molecular flexibility index (Phi) is 4.09. The van der Waals surface area contributed by atoms with Crippen molar-refractivity contribution in [1.82, 2.24) is 4.98 Å². The van der Waals surface area contributed by atoms with Crippen molar-refractivity contribution in [2.24, 2.45) is 0 Å². The molecule has 0 saturated heterocycles. The largest absolute Gasteiger partial charge is 0.497 e. The molecule has 0 bridgehead atoms. The van der Waals surface area contributed by atoms with Crippen LogP contribution in [0.15, 0.2) is 53.9 Å². The number of hydrogen-bond donors (Lipinski definition) is 0. The topological polar surface area (TPSA) is 22.1 Å². The summed E-state index contributed by atoms with van der Waals surface area (Å²) < 4.78 is 44.4. The zero-order chi connectivity index (χ0) is 16.4. The molecule has 0 aliphatic rings. The van der Waals surface area contributed by atoms with Crippen LogP contribution in [0.5, 0.6) is 5.75 Å². The Bertz CT molecular complexity index is 809.